The number of hydrogen-bond donors (Lipinski definition) is 1. The van der Waals surface area contributed by atoms with Gasteiger partial charge < -0.3 is 10.1 Å². The largest absolute Gasteiger partial charge is 0.492 e. The molecule has 0 saturated heterocycles. The van der Waals surface area contributed by atoms with Crippen molar-refractivity contribution in [2.24, 2.45) is 0 Å². The molecule has 10 heteroatoms. The fourth-order valence-corrected chi connectivity index (χ4v) is 5.98. The molecule has 1 N–H and O–H groups in total. The number of nitrogens with zero attached hydrogens (tertiary/aromatic N) is 2. The molecule has 0 fully saturated rings. The van der Waals surface area contributed by atoms with Crippen molar-refractivity contribution in [3.05, 3.63) is 46.1 Å². The fraction of sp³-hybridized carbons (Fsp3) is 0.300. The van der Waals surface area contributed by atoms with Crippen LogP contribution in [0.5, 0.6) is 5.75 Å². The zero-order valence-corrected chi connectivity index (χ0v) is 19.4. The van der Waals surface area contributed by atoms with Crippen LogP contribution in [0.2, 0.25) is 0 Å². The second kappa shape index (κ2) is 9.69. The maximum Gasteiger partial charge on any atom is 0.275 e. The molecule has 1 aromatic carbocycles. The van der Waals surface area contributed by atoms with Gasteiger partial charge in [0, 0.05) is 35.1 Å². The molecule has 7 nitrogen and oxygen atoms in total. The summed E-state index contributed by atoms with van der Waals surface area (Å²) in [5.74, 6) is -0.140. The molecule has 0 radical (unpaired) electrons. The first kappa shape index (κ1) is 22.4. The Kier molecular flexibility index (Phi) is 7.24. The molecule has 3 aromatic rings. The van der Waals surface area contributed by atoms with E-state index in [4.69, 9.17) is 4.74 Å². The van der Waals surface area contributed by atoms with Gasteiger partial charge in [0.1, 0.15) is 21.3 Å². The number of carbonyl (C=O) groups excluding carboxylic acids is 1. The molecule has 1 amide bonds. The first-order chi connectivity index (χ1) is 14.4. The smallest absolute Gasteiger partial charge is 0.275 e. The molecular weight excluding hydrogens is 442 g/mol. The summed E-state index contributed by atoms with van der Waals surface area (Å²) in [7, 11) is -3.76. The molecule has 2 aromatic heterocycles. The zero-order valence-electron chi connectivity index (χ0n) is 16.9. The van der Waals surface area contributed by atoms with Crippen LogP contribution in [-0.4, -0.2) is 43.3 Å². The van der Waals surface area contributed by atoms with Crippen LogP contribution in [0.1, 0.15) is 31.3 Å². The minimum absolute atomic E-state index is 0.0306. The number of amides is 1. The van der Waals surface area contributed by atoms with Gasteiger partial charge in [0.15, 0.2) is 0 Å². The van der Waals surface area contributed by atoms with E-state index < -0.39 is 15.9 Å². The summed E-state index contributed by atoms with van der Waals surface area (Å²) in [5, 5.41) is 9.11. The van der Waals surface area contributed by atoms with E-state index in [9.17, 15) is 13.2 Å². The van der Waals surface area contributed by atoms with Gasteiger partial charge in [0.2, 0.25) is 10.0 Å². The molecule has 0 saturated carbocycles. The topological polar surface area (TPSA) is 88.6 Å². The van der Waals surface area contributed by atoms with Crippen molar-refractivity contribution >= 4 is 44.3 Å². The molecule has 30 heavy (non-hydrogen) atoms. The number of benzene rings is 1. The zero-order chi connectivity index (χ0) is 21.7. The van der Waals surface area contributed by atoms with E-state index in [-0.39, 0.29) is 16.3 Å². The number of rotatable bonds is 9. The Hall–Kier alpha value is -2.27. The second-order valence-electron chi connectivity index (χ2n) is 6.19. The predicted molar refractivity (Wildman–Crippen MR) is 121 cm³/mol. The fourth-order valence-electron chi connectivity index (χ4n) is 2.86. The lowest BCUT2D eigenvalue weighted by Gasteiger charge is -2.21. The Morgan fingerprint density at radius 3 is 2.57 bits per heavy atom. The number of aromatic nitrogens is 1. The third-order valence-electron chi connectivity index (χ3n) is 4.33. The van der Waals surface area contributed by atoms with Crippen LogP contribution >= 0.6 is 22.7 Å². The molecule has 0 aliphatic carbocycles. The highest BCUT2D eigenvalue weighted by Gasteiger charge is 2.26. The van der Waals surface area contributed by atoms with Gasteiger partial charge in [-0.1, -0.05) is 13.8 Å². The summed E-state index contributed by atoms with van der Waals surface area (Å²) in [6.45, 7) is 6.35. The van der Waals surface area contributed by atoms with E-state index >= 15 is 0 Å². The molecule has 0 aliphatic rings. The van der Waals surface area contributed by atoms with Gasteiger partial charge in [0.25, 0.3) is 5.91 Å². The molecule has 2 heterocycles. The minimum Gasteiger partial charge on any atom is -0.492 e. The van der Waals surface area contributed by atoms with Gasteiger partial charge in [-0.25, -0.2) is 13.4 Å². The Labute approximate surface area is 184 Å². The van der Waals surface area contributed by atoms with Crippen molar-refractivity contribution < 1.29 is 17.9 Å². The number of ether oxygens (including phenoxy) is 1. The molecule has 0 bridgehead atoms. The van der Waals surface area contributed by atoms with E-state index in [2.05, 4.69) is 10.3 Å². The minimum atomic E-state index is -3.76. The number of thiophene rings is 1. The van der Waals surface area contributed by atoms with E-state index in [0.717, 1.165) is 10.6 Å². The molecular formula is C20H23N3O4S3. The lowest BCUT2D eigenvalue weighted by Crippen LogP contribution is -2.31. The quantitative estimate of drug-likeness (QED) is 0.501. The Bertz CT molecular complexity index is 1100. The van der Waals surface area contributed by atoms with E-state index in [1.165, 1.54) is 21.7 Å². The number of hydrogen-bond acceptors (Lipinski definition) is 7. The first-order valence-corrected chi connectivity index (χ1v) is 12.7. The highest BCUT2D eigenvalue weighted by atomic mass is 32.2. The number of thiazole rings is 1. The molecule has 3 rings (SSSR count). The van der Waals surface area contributed by atoms with Crippen LogP contribution < -0.4 is 10.1 Å². The van der Waals surface area contributed by atoms with Crippen LogP contribution in [-0.2, 0) is 10.0 Å². The van der Waals surface area contributed by atoms with E-state index in [0.29, 0.717) is 25.4 Å². The van der Waals surface area contributed by atoms with E-state index in [1.807, 2.05) is 16.8 Å². The van der Waals surface area contributed by atoms with Gasteiger partial charge in [-0.05, 0) is 36.6 Å². The summed E-state index contributed by atoms with van der Waals surface area (Å²) in [4.78, 5) is 17.1. The summed E-state index contributed by atoms with van der Waals surface area (Å²) >= 11 is 2.95. The number of nitrogens with one attached hydrogen (secondary N) is 1. The van der Waals surface area contributed by atoms with Gasteiger partial charge in [0.05, 0.1) is 6.61 Å². The lowest BCUT2D eigenvalue weighted by molar-refractivity contribution is 0.102. The maximum atomic E-state index is 13.1. The summed E-state index contributed by atoms with van der Waals surface area (Å²) in [6, 6.07) is 6.56. The average molecular weight is 466 g/mol. The van der Waals surface area contributed by atoms with Crippen molar-refractivity contribution in [2.75, 3.05) is 25.0 Å². The Morgan fingerprint density at radius 2 is 1.93 bits per heavy atom. The van der Waals surface area contributed by atoms with Crippen LogP contribution in [0, 0.1) is 0 Å². The molecule has 0 atom stereocenters. The summed E-state index contributed by atoms with van der Waals surface area (Å²) in [5.41, 5.74) is 1.61. The maximum absolute atomic E-state index is 13.1. The van der Waals surface area contributed by atoms with Crippen molar-refractivity contribution in [1.29, 1.82) is 0 Å². The number of anilines is 1. The van der Waals surface area contributed by atoms with Crippen LogP contribution in [0.3, 0.4) is 0 Å². The SMILES string of the molecule is CCOc1ccc(NC(=O)c2csc(-c3ccsc3)n2)cc1S(=O)(=O)N(CC)CC. The molecule has 160 valence electrons. The third-order valence-corrected chi connectivity index (χ3v) is 7.98. The predicted octanol–water partition coefficient (Wildman–Crippen LogP) is 4.55. The van der Waals surface area contributed by atoms with Crippen molar-refractivity contribution in [2.45, 2.75) is 25.7 Å². The van der Waals surface area contributed by atoms with Crippen LogP contribution in [0.15, 0.2) is 45.3 Å². The highest BCUT2D eigenvalue weighted by Crippen LogP contribution is 2.31. The number of carbonyl (C=O) groups is 1. The first-order valence-electron chi connectivity index (χ1n) is 9.47. The van der Waals surface area contributed by atoms with Crippen molar-refractivity contribution in [3.63, 3.8) is 0 Å². The molecule has 0 spiro atoms. The van der Waals surface area contributed by atoms with Crippen LogP contribution in [0.25, 0.3) is 10.6 Å². The lowest BCUT2D eigenvalue weighted by atomic mass is 10.3. The number of sulfonamides is 1. The van der Waals surface area contributed by atoms with Crippen LogP contribution in [0.4, 0.5) is 5.69 Å². The Balaban J connectivity index is 1.89. The van der Waals surface area contributed by atoms with Gasteiger partial charge >= 0.3 is 0 Å². The molecule has 0 unspecified atom stereocenters. The second-order valence-corrected chi connectivity index (χ2v) is 9.73. The van der Waals surface area contributed by atoms with Crippen molar-refractivity contribution in [1.82, 2.24) is 9.29 Å². The monoisotopic (exact) mass is 465 g/mol. The van der Waals surface area contributed by atoms with Gasteiger partial charge in [-0.2, -0.15) is 15.6 Å². The normalized spacial score (nSPS) is 11.6. The Morgan fingerprint density at radius 1 is 1.17 bits per heavy atom. The van der Waals surface area contributed by atoms with Gasteiger partial charge in [-0.3, -0.25) is 4.79 Å². The summed E-state index contributed by atoms with van der Waals surface area (Å²) < 4.78 is 33.0. The highest BCUT2D eigenvalue weighted by molar-refractivity contribution is 7.89. The average Bonchev–Trinajstić information content (AvgIpc) is 3.42. The van der Waals surface area contributed by atoms with Crippen molar-refractivity contribution in [3.8, 4) is 16.3 Å². The van der Waals surface area contributed by atoms with Gasteiger partial charge in [-0.15, -0.1) is 11.3 Å². The standard InChI is InChI=1S/C20H23N3O4S3/c1-4-23(5-2)30(25,26)18-11-15(7-8-17(18)27-6-3)21-19(24)16-13-29-20(22-16)14-9-10-28-12-14/h7-13H,4-6H2,1-3H3,(H,21,24). The van der Waals surface area contributed by atoms with E-state index in [1.54, 1.807) is 49.6 Å². The molecule has 0 aliphatic heterocycles. The third kappa shape index (κ3) is 4.72. The summed E-state index contributed by atoms with van der Waals surface area (Å²) in [6.07, 6.45) is 0.